The molecule has 0 saturated carbocycles. The van der Waals surface area contributed by atoms with Crippen LogP contribution in [-0.4, -0.2) is 25.8 Å². The van der Waals surface area contributed by atoms with Crippen LogP contribution in [0.25, 0.3) is 0 Å². The lowest BCUT2D eigenvalue weighted by Crippen LogP contribution is -2.38. The Morgan fingerprint density at radius 1 is 1.21 bits per heavy atom. The molecule has 2 N–H and O–H groups in total. The SMILES string of the molecule is C=CCNC(=NCc1ccc2c(c1)OCO2)NCCc1ccco1. The van der Waals surface area contributed by atoms with E-state index >= 15 is 0 Å². The molecule has 2 aromatic rings. The molecule has 0 saturated heterocycles. The summed E-state index contributed by atoms with van der Waals surface area (Å²) in [5.41, 5.74) is 1.06. The van der Waals surface area contributed by atoms with Crippen molar-refractivity contribution in [2.75, 3.05) is 19.9 Å². The number of aliphatic imine (C=N–C) groups is 1. The van der Waals surface area contributed by atoms with Crippen molar-refractivity contribution in [2.45, 2.75) is 13.0 Å². The molecule has 0 atom stereocenters. The number of nitrogens with one attached hydrogen (secondary N) is 2. The van der Waals surface area contributed by atoms with Gasteiger partial charge in [0.05, 0.1) is 12.8 Å². The summed E-state index contributed by atoms with van der Waals surface area (Å²) in [6.07, 6.45) is 4.27. The second-order valence-electron chi connectivity index (χ2n) is 5.28. The standard InChI is InChI=1S/C18H21N3O3/c1-2-8-19-18(20-9-7-15-4-3-10-22-15)21-12-14-5-6-16-17(11-14)24-13-23-16/h2-6,10-11H,1,7-9,12-13H2,(H2,19,20,21). The molecule has 126 valence electrons. The molecule has 0 fully saturated rings. The number of hydrogen-bond acceptors (Lipinski definition) is 4. The summed E-state index contributed by atoms with van der Waals surface area (Å²) in [5, 5.41) is 6.50. The molecule has 6 nitrogen and oxygen atoms in total. The highest BCUT2D eigenvalue weighted by atomic mass is 16.7. The molecule has 0 spiro atoms. The fourth-order valence-corrected chi connectivity index (χ4v) is 2.31. The second-order valence-corrected chi connectivity index (χ2v) is 5.28. The minimum atomic E-state index is 0.280. The summed E-state index contributed by atoms with van der Waals surface area (Å²) in [6.45, 7) is 5.93. The second kappa shape index (κ2) is 8.10. The highest BCUT2D eigenvalue weighted by molar-refractivity contribution is 5.79. The molecule has 3 rings (SSSR count). The predicted octanol–water partition coefficient (Wildman–Crippen LogP) is 2.47. The topological polar surface area (TPSA) is 68.0 Å². The van der Waals surface area contributed by atoms with E-state index in [1.54, 1.807) is 12.3 Å². The minimum Gasteiger partial charge on any atom is -0.469 e. The van der Waals surface area contributed by atoms with Gasteiger partial charge in [0.2, 0.25) is 6.79 Å². The number of hydrogen-bond donors (Lipinski definition) is 2. The molecule has 0 amide bonds. The fraction of sp³-hybridized carbons (Fsp3) is 0.278. The van der Waals surface area contributed by atoms with Crippen LogP contribution in [0.5, 0.6) is 11.5 Å². The number of guanidine groups is 1. The number of rotatable bonds is 7. The number of fused-ring (bicyclic) bond motifs is 1. The molecular formula is C18H21N3O3. The molecular weight excluding hydrogens is 306 g/mol. The van der Waals surface area contributed by atoms with Crippen LogP contribution >= 0.6 is 0 Å². The molecule has 1 aliphatic rings. The van der Waals surface area contributed by atoms with Crippen LogP contribution in [0.2, 0.25) is 0 Å². The van der Waals surface area contributed by atoms with E-state index in [1.807, 2.05) is 30.3 Å². The Morgan fingerprint density at radius 3 is 2.96 bits per heavy atom. The molecule has 1 aromatic carbocycles. The first kappa shape index (κ1) is 16.0. The van der Waals surface area contributed by atoms with Crippen LogP contribution in [0.3, 0.4) is 0 Å². The van der Waals surface area contributed by atoms with E-state index in [2.05, 4.69) is 22.2 Å². The van der Waals surface area contributed by atoms with E-state index in [1.165, 1.54) is 0 Å². The van der Waals surface area contributed by atoms with Crippen molar-refractivity contribution in [3.63, 3.8) is 0 Å². The summed E-state index contributed by atoms with van der Waals surface area (Å²) >= 11 is 0. The molecule has 24 heavy (non-hydrogen) atoms. The van der Waals surface area contributed by atoms with Gasteiger partial charge in [-0.2, -0.15) is 0 Å². The summed E-state index contributed by atoms with van der Waals surface area (Å²) in [4.78, 5) is 4.60. The molecule has 0 radical (unpaired) electrons. The summed E-state index contributed by atoms with van der Waals surface area (Å²) in [7, 11) is 0. The normalized spacial score (nSPS) is 12.9. The quantitative estimate of drug-likeness (QED) is 0.464. The average Bonchev–Trinajstić information content (AvgIpc) is 3.27. The lowest BCUT2D eigenvalue weighted by molar-refractivity contribution is 0.174. The smallest absolute Gasteiger partial charge is 0.231 e. The van der Waals surface area contributed by atoms with Gasteiger partial charge >= 0.3 is 0 Å². The Kier molecular flexibility index (Phi) is 5.40. The van der Waals surface area contributed by atoms with Crippen molar-refractivity contribution in [1.29, 1.82) is 0 Å². The van der Waals surface area contributed by atoms with Crippen molar-refractivity contribution in [2.24, 2.45) is 4.99 Å². The van der Waals surface area contributed by atoms with Gasteiger partial charge < -0.3 is 24.5 Å². The lowest BCUT2D eigenvalue weighted by atomic mass is 10.2. The van der Waals surface area contributed by atoms with Crippen molar-refractivity contribution in [1.82, 2.24) is 10.6 Å². The van der Waals surface area contributed by atoms with E-state index in [4.69, 9.17) is 13.9 Å². The van der Waals surface area contributed by atoms with E-state index in [0.717, 1.165) is 41.7 Å². The number of furan rings is 1. The van der Waals surface area contributed by atoms with Crippen molar-refractivity contribution < 1.29 is 13.9 Å². The Labute approximate surface area is 141 Å². The van der Waals surface area contributed by atoms with Gasteiger partial charge in [-0.3, -0.25) is 0 Å². The summed E-state index contributed by atoms with van der Waals surface area (Å²) in [6, 6.07) is 9.71. The van der Waals surface area contributed by atoms with E-state index in [0.29, 0.717) is 13.1 Å². The van der Waals surface area contributed by atoms with Gasteiger partial charge in [0.15, 0.2) is 17.5 Å². The monoisotopic (exact) mass is 327 g/mol. The molecule has 6 heteroatoms. The van der Waals surface area contributed by atoms with E-state index in [9.17, 15) is 0 Å². The van der Waals surface area contributed by atoms with Gasteiger partial charge in [-0.05, 0) is 29.8 Å². The average molecular weight is 327 g/mol. The summed E-state index contributed by atoms with van der Waals surface area (Å²) < 4.78 is 16.0. The number of ether oxygens (including phenoxy) is 2. The zero-order chi connectivity index (χ0) is 16.6. The Balaban J connectivity index is 1.57. The highest BCUT2D eigenvalue weighted by Crippen LogP contribution is 2.32. The Hall–Kier alpha value is -2.89. The molecule has 1 aliphatic heterocycles. The van der Waals surface area contributed by atoms with Gasteiger partial charge in [-0.25, -0.2) is 4.99 Å². The van der Waals surface area contributed by atoms with E-state index < -0.39 is 0 Å². The minimum absolute atomic E-state index is 0.280. The van der Waals surface area contributed by atoms with Gasteiger partial charge in [-0.15, -0.1) is 6.58 Å². The molecule has 0 aliphatic carbocycles. The van der Waals surface area contributed by atoms with Gasteiger partial charge in [-0.1, -0.05) is 12.1 Å². The van der Waals surface area contributed by atoms with Crippen molar-refractivity contribution in [3.8, 4) is 11.5 Å². The van der Waals surface area contributed by atoms with Crippen LogP contribution in [0.15, 0.2) is 58.7 Å². The van der Waals surface area contributed by atoms with E-state index in [-0.39, 0.29) is 6.79 Å². The highest BCUT2D eigenvalue weighted by Gasteiger charge is 2.12. The third-order valence-electron chi connectivity index (χ3n) is 3.51. The van der Waals surface area contributed by atoms with Gasteiger partial charge in [0.25, 0.3) is 0 Å². The largest absolute Gasteiger partial charge is 0.469 e. The molecule has 1 aromatic heterocycles. The maximum absolute atomic E-state index is 5.39. The summed E-state index contributed by atoms with van der Waals surface area (Å²) in [5.74, 6) is 3.24. The predicted molar refractivity (Wildman–Crippen MR) is 92.3 cm³/mol. The third kappa shape index (κ3) is 4.32. The third-order valence-corrected chi connectivity index (χ3v) is 3.51. The van der Waals surface area contributed by atoms with Crippen LogP contribution in [0.4, 0.5) is 0 Å². The first-order valence-electron chi connectivity index (χ1n) is 7.89. The first-order valence-corrected chi connectivity index (χ1v) is 7.89. The van der Waals surface area contributed by atoms with Crippen LogP contribution < -0.4 is 20.1 Å². The maximum atomic E-state index is 5.39. The Bertz CT molecular complexity index is 696. The lowest BCUT2D eigenvalue weighted by Gasteiger charge is -2.11. The zero-order valence-corrected chi connectivity index (χ0v) is 13.5. The Morgan fingerprint density at radius 2 is 2.12 bits per heavy atom. The van der Waals surface area contributed by atoms with Crippen LogP contribution in [0, 0.1) is 0 Å². The molecule has 0 unspecified atom stereocenters. The molecule has 2 heterocycles. The van der Waals surface area contributed by atoms with Crippen LogP contribution in [0.1, 0.15) is 11.3 Å². The van der Waals surface area contributed by atoms with Gasteiger partial charge in [0.1, 0.15) is 5.76 Å². The fourth-order valence-electron chi connectivity index (χ4n) is 2.31. The van der Waals surface area contributed by atoms with Gasteiger partial charge in [0, 0.05) is 19.5 Å². The number of nitrogens with zero attached hydrogens (tertiary/aromatic N) is 1. The maximum Gasteiger partial charge on any atom is 0.231 e. The zero-order valence-electron chi connectivity index (χ0n) is 13.5. The number of benzene rings is 1. The van der Waals surface area contributed by atoms with Crippen molar-refractivity contribution in [3.05, 3.63) is 60.6 Å². The van der Waals surface area contributed by atoms with Crippen LogP contribution in [-0.2, 0) is 13.0 Å². The molecule has 0 bridgehead atoms. The first-order chi connectivity index (χ1) is 11.8. The van der Waals surface area contributed by atoms with Crippen molar-refractivity contribution >= 4 is 5.96 Å².